The van der Waals surface area contributed by atoms with E-state index in [1.807, 2.05) is 0 Å². The smallest absolute Gasteiger partial charge is 0.422 e. The fraction of sp³-hybridized carbons (Fsp3) is 0.444. The molecule has 1 heterocycles. The van der Waals surface area contributed by atoms with E-state index in [1.165, 1.54) is 12.2 Å². The summed E-state index contributed by atoms with van der Waals surface area (Å²) in [5, 5.41) is 13.2. The van der Waals surface area contributed by atoms with Crippen molar-refractivity contribution < 1.29 is 32.4 Å². The van der Waals surface area contributed by atoms with Gasteiger partial charge in [0.2, 0.25) is 5.54 Å². The number of carboxylic acid groups (broad SMARTS) is 1. The standard InChI is InChI=1S/C9H9F3N2O4/c1-4-5(3-13-18-4)6(15)14-8(2,7(16)17)9(10,11)12/h3H,1-2H3,(H,14,15)(H,16,17). The normalized spacial score (nSPS) is 14.9. The number of rotatable bonds is 3. The van der Waals surface area contributed by atoms with Crippen LogP contribution >= 0.6 is 0 Å². The molecule has 100 valence electrons. The van der Waals surface area contributed by atoms with Gasteiger partial charge in [0.1, 0.15) is 11.3 Å². The fourth-order valence-corrected chi connectivity index (χ4v) is 1.06. The average molecular weight is 266 g/mol. The Balaban J connectivity index is 3.04. The Kier molecular flexibility index (Phi) is 3.36. The van der Waals surface area contributed by atoms with Crippen molar-refractivity contribution >= 4 is 11.9 Å². The largest absolute Gasteiger partial charge is 0.479 e. The van der Waals surface area contributed by atoms with Gasteiger partial charge in [-0.25, -0.2) is 4.79 Å². The van der Waals surface area contributed by atoms with Crippen LogP contribution in [0.2, 0.25) is 0 Å². The Morgan fingerprint density at radius 3 is 2.33 bits per heavy atom. The van der Waals surface area contributed by atoms with Gasteiger partial charge in [0.05, 0.1) is 6.20 Å². The van der Waals surface area contributed by atoms with Gasteiger partial charge >= 0.3 is 12.1 Å². The zero-order valence-corrected chi connectivity index (χ0v) is 9.33. The van der Waals surface area contributed by atoms with Crippen molar-refractivity contribution in [2.75, 3.05) is 0 Å². The molecule has 0 aliphatic rings. The first-order valence-electron chi connectivity index (χ1n) is 4.63. The molecule has 0 saturated carbocycles. The molecule has 1 atom stereocenters. The number of hydrogen-bond acceptors (Lipinski definition) is 4. The van der Waals surface area contributed by atoms with Gasteiger partial charge in [0.15, 0.2) is 0 Å². The van der Waals surface area contributed by atoms with E-state index in [2.05, 4.69) is 9.68 Å². The number of aromatic nitrogens is 1. The third-order valence-corrected chi connectivity index (χ3v) is 2.35. The maximum atomic E-state index is 12.6. The van der Waals surface area contributed by atoms with Gasteiger partial charge in [0, 0.05) is 0 Å². The molecule has 6 nitrogen and oxygen atoms in total. The van der Waals surface area contributed by atoms with Crippen LogP contribution in [0.5, 0.6) is 0 Å². The highest BCUT2D eigenvalue weighted by atomic mass is 19.4. The lowest BCUT2D eigenvalue weighted by molar-refractivity contribution is -0.203. The monoisotopic (exact) mass is 266 g/mol. The second-order valence-corrected chi connectivity index (χ2v) is 3.68. The summed E-state index contributed by atoms with van der Waals surface area (Å²) in [5.41, 5.74) is -3.64. The maximum Gasteiger partial charge on any atom is 0.422 e. The molecule has 0 aliphatic carbocycles. The molecule has 18 heavy (non-hydrogen) atoms. The summed E-state index contributed by atoms with van der Waals surface area (Å²) in [6, 6.07) is 0. The van der Waals surface area contributed by atoms with Crippen molar-refractivity contribution in [2.24, 2.45) is 0 Å². The minimum Gasteiger partial charge on any atom is -0.479 e. The molecule has 1 amide bonds. The van der Waals surface area contributed by atoms with E-state index >= 15 is 0 Å². The molecule has 2 N–H and O–H groups in total. The Morgan fingerprint density at radius 2 is 2.00 bits per heavy atom. The highest BCUT2D eigenvalue weighted by molar-refractivity contribution is 5.98. The van der Waals surface area contributed by atoms with E-state index in [1.54, 1.807) is 0 Å². The molecular formula is C9H9F3N2O4. The zero-order valence-electron chi connectivity index (χ0n) is 9.33. The predicted octanol–water partition coefficient (Wildman–Crippen LogP) is 1.12. The average Bonchev–Trinajstić information content (AvgIpc) is 2.62. The number of nitrogens with zero attached hydrogens (tertiary/aromatic N) is 1. The molecule has 0 aliphatic heterocycles. The van der Waals surface area contributed by atoms with E-state index in [0.717, 1.165) is 6.20 Å². The van der Waals surface area contributed by atoms with E-state index in [4.69, 9.17) is 5.11 Å². The molecule has 0 spiro atoms. The quantitative estimate of drug-likeness (QED) is 0.855. The number of carbonyl (C=O) groups excluding carboxylic acids is 1. The van der Waals surface area contributed by atoms with Crippen LogP contribution < -0.4 is 5.32 Å². The van der Waals surface area contributed by atoms with E-state index < -0.39 is 23.6 Å². The number of aliphatic carboxylic acids is 1. The van der Waals surface area contributed by atoms with E-state index in [-0.39, 0.29) is 11.3 Å². The molecule has 0 fully saturated rings. The first kappa shape index (κ1) is 14.0. The van der Waals surface area contributed by atoms with Gasteiger partial charge < -0.3 is 14.9 Å². The van der Waals surface area contributed by atoms with Crippen molar-refractivity contribution in [3.8, 4) is 0 Å². The molecule has 0 bridgehead atoms. The number of halogens is 3. The molecule has 9 heteroatoms. The van der Waals surface area contributed by atoms with Gasteiger partial charge in [-0.2, -0.15) is 13.2 Å². The first-order valence-corrected chi connectivity index (χ1v) is 4.63. The van der Waals surface area contributed by atoms with Crippen LogP contribution in [0.25, 0.3) is 0 Å². The third kappa shape index (κ3) is 2.29. The Hall–Kier alpha value is -2.06. The van der Waals surface area contributed by atoms with Crippen LogP contribution in [0.15, 0.2) is 10.7 Å². The second kappa shape index (κ2) is 4.31. The number of hydrogen-bond donors (Lipinski definition) is 2. The van der Waals surface area contributed by atoms with Crippen LogP contribution in [0.4, 0.5) is 13.2 Å². The molecule has 0 saturated heterocycles. The second-order valence-electron chi connectivity index (χ2n) is 3.68. The SMILES string of the molecule is Cc1oncc1C(=O)NC(C)(C(=O)O)C(F)(F)F. The summed E-state index contributed by atoms with van der Waals surface area (Å²) in [4.78, 5) is 22.2. The van der Waals surface area contributed by atoms with Gasteiger partial charge in [0.25, 0.3) is 5.91 Å². The summed E-state index contributed by atoms with van der Waals surface area (Å²) in [7, 11) is 0. The summed E-state index contributed by atoms with van der Waals surface area (Å²) in [6.07, 6.45) is -4.23. The Labute approximate surface area is 98.8 Å². The molecule has 0 aromatic carbocycles. The lowest BCUT2D eigenvalue weighted by atomic mass is 10.0. The van der Waals surface area contributed by atoms with Crippen LogP contribution in [0.1, 0.15) is 23.0 Å². The van der Waals surface area contributed by atoms with Crippen LogP contribution in [-0.2, 0) is 4.79 Å². The highest BCUT2D eigenvalue weighted by Crippen LogP contribution is 2.30. The zero-order chi connectivity index (χ0) is 14.1. The number of carboxylic acids is 1. The molecule has 1 rings (SSSR count). The lowest BCUT2D eigenvalue weighted by Crippen LogP contribution is -2.61. The van der Waals surface area contributed by atoms with Crippen molar-refractivity contribution in [1.29, 1.82) is 0 Å². The van der Waals surface area contributed by atoms with Crippen molar-refractivity contribution in [3.05, 3.63) is 17.5 Å². The van der Waals surface area contributed by atoms with Crippen molar-refractivity contribution in [1.82, 2.24) is 10.5 Å². The van der Waals surface area contributed by atoms with Gasteiger partial charge in [-0.3, -0.25) is 4.79 Å². The highest BCUT2D eigenvalue weighted by Gasteiger charge is 2.58. The number of nitrogens with one attached hydrogen (secondary N) is 1. The summed E-state index contributed by atoms with van der Waals surface area (Å²) in [5.74, 6) is -3.45. The number of alkyl halides is 3. The van der Waals surface area contributed by atoms with Gasteiger partial charge in [-0.1, -0.05) is 5.16 Å². The molecule has 1 aromatic heterocycles. The van der Waals surface area contributed by atoms with E-state index in [9.17, 15) is 22.8 Å². The maximum absolute atomic E-state index is 12.6. The topological polar surface area (TPSA) is 92.4 Å². The summed E-state index contributed by atoms with van der Waals surface area (Å²) in [6.45, 7) is 1.67. The Morgan fingerprint density at radius 1 is 1.44 bits per heavy atom. The molecule has 1 unspecified atom stereocenters. The number of aryl methyl sites for hydroxylation is 1. The fourth-order valence-electron chi connectivity index (χ4n) is 1.06. The number of amides is 1. The summed E-state index contributed by atoms with van der Waals surface area (Å²) >= 11 is 0. The van der Waals surface area contributed by atoms with Crippen LogP contribution in [-0.4, -0.2) is 33.9 Å². The third-order valence-electron chi connectivity index (χ3n) is 2.35. The van der Waals surface area contributed by atoms with Crippen molar-refractivity contribution in [2.45, 2.75) is 25.6 Å². The van der Waals surface area contributed by atoms with Crippen molar-refractivity contribution in [3.63, 3.8) is 0 Å². The summed E-state index contributed by atoms with van der Waals surface area (Å²) < 4.78 is 42.4. The number of carbonyl (C=O) groups is 2. The molecular weight excluding hydrogens is 257 g/mol. The van der Waals surface area contributed by atoms with Gasteiger partial charge in [-0.15, -0.1) is 0 Å². The predicted molar refractivity (Wildman–Crippen MR) is 50.8 cm³/mol. The Bertz CT molecular complexity index is 482. The molecule has 0 radical (unpaired) electrons. The first-order chi connectivity index (χ1) is 8.09. The van der Waals surface area contributed by atoms with E-state index in [0.29, 0.717) is 6.92 Å². The van der Waals surface area contributed by atoms with Crippen LogP contribution in [0, 0.1) is 6.92 Å². The molecule has 1 aromatic rings. The van der Waals surface area contributed by atoms with Crippen LogP contribution in [0.3, 0.4) is 0 Å². The minimum absolute atomic E-state index is 0.0117. The minimum atomic E-state index is -5.14. The van der Waals surface area contributed by atoms with Gasteiger partial charge in [-0.05, 0) is 13.8 Å². The lowest BCUT2D eigenvalue weighted by Gasteiger charge is -2.28.